The number of rotatable bonds is 8. The third-order valence-corrected chi connectivity index (χ3v) is 4.76. The average Bonchev–Trinajstić information content (AvgIpc) is 3.04. The molecule has 0 radical (unpaired) electrons. The van der Waals surface area contributed by atoms with Gasteiger partial charge in [-0.15, -0.1) is 0 Å². The summed E-state index contributed by atoms with van der Waals surface area (Å²) in [6.07, 6.45) is 5.68. The number of nitrogens with one attached hydrogen (secondary N) is 1. The molecule has 2 N–H and O–H groups in total. The molecule has 0 heterocycles. The second-order valence-electron chi connectivity index (χ2n) is 6.56. The van der Waals surface area contributed by atoms with Gasteiger partial charge in [0.2, 0.25) is 5.91 Å². The zero-order chi connectivity index (χ0) is 16.7. The van der Waals surface area contributed by atoms with E-state index in [0.717, 1.165) is 25.7 Å². The van der Waals surface area contributed by atoms with Crippen LogP contribution >= 0.6 is 0 Å². The van der Waals surface area contributed by atoms with Gasteiger partial charge in [-0.2, -0.15) is 0 Å². The number of carboxylic acid groups (broad SMARTS) is 1. The lowest BCUT2D eigenvalue weighted by atomic mass is 9.99. The molecular weight excluding hydrogens is 290 g/mol. The Morgan fingerprint density at radius 3 is 2.48 bits per heavy atom. The molecule has 1 fully saturated rings. The summed E-state index contributed by atoms with van der Waals surface area (Å²) in [5.74, 6) is -1.21. The Labute approximate surface area is 138 Å². The van der Waals surface area contributed by atoms with Gasteiger partial charge in [0.1, 0.15) is 0 Å². The van der Waals surface area contributed by atoms with Crippen molar-refractivity contribution >= 4 is 11.9 Å². The molecule has 126 valence electrons. The minimum absolute atomic E-state index is 0.0419. The van der Waals surface area contributed by atoms with Crippen LogP contribution in [0.3, 0.4) is 0 Å². The SMILES string of the molecule is CCCC(CCc1ccccc1)NC(=O)[C@@H]1CC[C@H](C(=O)O)C1. The molecule has 1 aliphatic carbocycles. The molecule has 4 nitrogen and oxygen atoms in total. The molecule has 23 heavy (non-hydrogen) atoms. The minimum atomic E-state index is -0.769. The predicted molar refractivity (Wildman–Crippen MR) is 90.1 cm³/mol. The van der Waals surface area contributed by atoms with Gasteiger partial charge in [0.15, 0.2) is 0 Å². The molecule has 3 atom stereocenters. The standard InChI is InChI=1S/C19H27NO3/c1-2-6-17(12-9-14-7-4-3-5-8-14)20-18(21)15-10-11-16(13-15)19(22)23/h3-5,7-8,15-17H,2,6,9-13H2,1H3,(H,20,21)(H,22,23)/t15-,16+,17?/m1/s1. The van der Waals surface area contributed by atoms with Gasteiger partial charge in [-0.25, -0.2) is 0 Å². The largest absolute Gasteiger partial charge is 0.481 e. The minimum Gasteiger partial charge on any atom is -0.481 e. The van der Waals surface area contributed by atoms with Crippen LogP contribution in [0.25, 0.3) is 0 Å². The van der Waals surface area contributed by atoms with E-state index in [9.17, 15) is 9.59 Å². The van der Waals surface area contributed by atoms with Crippen molar-refractivity contribution in [2.75, 3.05) is 0 Å². The van der Waals surface area contributed by atoms with E-state index < -0.39 is 5.97 Å². The number of aliphatic carboxylic acids is 1. The summed E-state index contributed by atoms with van der Waals surface area (Å²) in [6.45, 7) is 2.12. The Morgan fingerprint density at radius 1 is 1.17 bits per heavy atom. The highest BCUT2D eigenvalue weighted by atomic mass is 16.4. The molecule has 1 saturated carbocycles. The number of carbonyl (C=O) groups is 2. The Kier molecular flexibility index (Phi) is 6.63. The lowest BCUT2D eigenvalue weighted by Gasteiger charge is -2.20. The third kappa shape index (κ3) is 5.38. The van der Waals surface area contributed by atoms with Gasteiger partial charge < -0.3 is 10.4 Å². The third-order valence-electron chi connectivity index (χ3n) is 4.76. The summed E-state index contributed by atoms with van der Waals surface area (Å²) in [5, 5.41) is 12.2. The monoisotopic (exact) mass is 317 g/mol. The molecule has 0 bridgehead atoms. The van der Waals surface area contributed by atoms with Gasteiger partial charge in [-0.3, -0.25) is 9.59 Å². The van der Waals surface area contributed by atoms with Crippen molar-refractivity contribution in [1.29, 1.82) is 0 Å². The summed E-state index contributed by atoms with van der Waals surface area (Å²) in [4.78, 5) is 23.4. The summed E-state index contributed by atoms with van der Waals surface area (Å²) in [7, 11) is 0. The molecular formula is C19H27NO3. The highest BCUT2D eigenvalue weighted by molar-refractivity contribution is 5.81. The van der Waals surface area contributed by atoms with E-state index in [4.69, 9.17) is 5.11 Å². The number of hydrogen-bond donors (Lipinski definition) is 2. The van der Waals surface area contributed by atoms with Crippen LogP contribution in [0.1, 0.15) is 51.0 Å². The van der Waals surface area contributed by atoms with Gasteiger partial charge in [-0.05, 0) is 44.1 Å². The molecule has 1 aliphatic rings. The number of aryl methyl sites for hydroxylation is 1. The highest BCUT2D eigenvalue weighted by Crippen LogP contribution is 2.31. The average molecular weight is 317 g/mol. The van der Waals surface area contributed by atoms with E-state index in [1.165, 1.54) is 5.56 Å². The van der Waals surface area contributed by atoms with Gasteiger partial charge in [0.05, 0.1) is 5.92 Å². The predicted octanol–water partition coefficient (Wildman–Crippen LogP) is 3.41. The molecule has 1 aromatic rings. The smallest absolute Gasteiger partial charge is 0.306 e. The molecule has 1 unspecified atom stereocenters. The summed E-state index contributed by atoms with van der Waals surface area (Å²) in [5.41, 5.74) is 1.29. The zero-order valence-corrected chi connectivity index (χ0v) is 13.8. The lowest BCUT2D eigenvalue weighted by Crippen LogP contribution is -2.38. The number of carboxylic acids is 1. The van der Waals surface area contributed by atoms with Crippen LogP contribution in [0.4, 0.5) is 0 Å². The van der Waals surface area contributed by atoms with Gasteiger partial charge >= 0.3 is 5.97 Å². The number of carbonyl (C=O) groups excluding carboxylic acids is 1. The van der Waals surface area contributed by atoms with Crippen molar-refractivity contribution in [3.05, 3.63) is 35.9 Å². The molecule has 1 amide bonds. The maximum Gasteiger partial charge on any atom is 0.306 e. The molecule has 1 aromatic carbocycles. The Hall–Kier alpha value is -1.84. The first-order valence-electron chi connectivity index (χ1n) is 8.67. The van der Waals surface area contributed by atoms with Crippen LogP contribution in [-0.4, -0.2) is 23.0 Å². The van der Waals surface area contributed by atoms with Crippen molar-refractivity contribution in [2.24, 2.45) is 11.8 Å². The van der Waals surface area contributed by atoms with Crippen LogP contribution in [0.2, 0.25) is 0 Å². The van der Waals surface area contributed by atoms with Gasteiger partial charge in [0.25, 0.3) is 0 Å². The van der Waals surface area contributed by atoms with Crippen LogP contribution in [0.15, 0.2) is 30.3 Å². The fourth-order valence-corrected chi connectivity index (χ4v) is 3.39. The molecule has 2 rings (SSSR count). The Morgan fingerprint density at radius 2 is 1.87 bits per heavy atom. The van der Waals surface area contributed by atoms with E-state index in [2.05, 4.69) is 24.4 Å². The first kappa shape index (κ1) is 17.5. The van der Waals surface area contributed by atoms with Crippen molar-refractivity contribution in [3.63, 3.8) is 0 Å². The first-order valence-corrected chi connectivity index (χ1v) is 8.67. The van der Waals surface area contributed by atoms with E-state index in [1.54, 1.807) is 0 Å². The Balaban J connectivity index is 1.83. The lowest BCUT2D eigenvalue weighted by molar-refractivity contribution is -0.141. The van der Waals surface area contributed by atoms with Crippen molar-refractivity contribution in [3.8, 4) is 0 Å². The summed E-state index contributed by atoms with van der Waals surface area (Å²) < 4.78 is 0. The number of hydrogen-bond acceptors (Lipinski definition) is 2. The summed E-state index contributed by atoms with van der Waals surface area (Å²) >= 11 is 0. The van der Waals surface area contributed by atoms with Crippen LogP contribution in [-0.2, 0) is 16.0 Å². The van der Waals surface area contributed by atoms with Crippen LogP contribution < -0.4 is 5.32 Å². The highest BCUT2D eigenvalue weighted by Gasteiger charge is 2.34. The number of amides is 1. The van der Waals surface area contributed by atoms with Crippen molar-refractivity contribution in [2.45, 2.75) is 57.9 Å². The zero-order valence-electron chi connectivity index (χ0n) is 13.8. The van der Waals surface area contributed by atoms with Crippen molar-refractivity contribution in [1.82, 2.24) is 5.32 Å². The molecule has 4 heteroatoms. The van der Waals surface area contributed by atoms with Gasteiger partial charge in [-0.1, -0.05) is 43.7 Å². The van der Waals surface area contributed by atoms with Crippen molar-refractivity contribution < 1.29 is 14.7 Å². The van der Waals surface area contributed by atoms with E-state index in [1.807, 2.05) is 18.2 Å². The fourth-order valence-electron chi connectivity index (χ4n) is 3.39. The summed E-state index contributed by atoms with van der Waals surface area (Å²) in [6, 6.07) is 10.5. The quantitative estimate of drug-likeness (QED) is 0.772. The van der Waals surface area contributed by atoms with Crippen LogP contribution in [0.5, 0.6) is 0 Å². The molecule has 0 saturated heterocycles. The van der Waals surface area contributed by atoms with Crippen LogP contribution in [0, 0.1) is 11.8 Å². The molecule has 0 spiro atoms. The van der Waals surface area contributed by atoms with E-state index >= 15 is 0 Å². The van der Waals surface area contributed by atoms with E-state index in [-0.39, 0.29) is 23.8 Å². The molecule has 0 aromatic heterocycles. The maximum absolute atomic E-state index is 12.4. The second kappa shape index (κ2) is 8.70. The van der Waals surface area contributed by atoms with E-state index in [0.29, 0.717) is 19.3 Å². The molecule has 0 aliphatic heterocycles. The second-order valence-corrected chi connectivity index (χ2v) is 6.56. The topological polar surface area (TPSA) is 66.4 Å². The normalized spacial score (nSPS) is 21.8. The number of benzene rings is 1. The first-order chi connectivity index (χ1) is 11.1. The fraction of sp³-hybridized carbons (Fsp3) is 0.579. The van der Waals surface area contributed by atoms with Gasteiger partial charge in [0, 0.05) is 12.0 Å². The maximum atomic E-state index is 12.4. The Bertz CT molecular complexity index is 515.